The molecule has 0 amide bonds. The molecule has 6 rings (SSSR count). The van der Waals surface area contributed by atoms with Crippen molar-refractivity contribution in [3.05, 3.63) is 78.7 Å². The van der Waals surface area contributed by atoms with Crippen LogP contribution in [0.3, 0.4) is 0 Å². The Kier molecular flexibility index (Phi) is 12.6. The molecule has 0 spiro atoms. The van der Waals surface area contributed by atoms with Crippen LogP contribution in [0.2, 0.25) is 18.1 Å². The van der Waals surface area contributed by atoms with Crippen LogP contribution in [0.4, 0.5) is 9.18 Å². The van der Waals surface area contributed by atoms with Gasteiger partial charge in [0.15, 0.2) is 25.4 Å². The average molecular weight is 937 g/mol. The summed E-state index contributed by atoms with van der Waals surface area (Å²) in [4.78, 5) is 46.1. The molecular formula is C42H53Br2FN2O9Si. The number of rotatable bonds is 7. The number of aliphatic hydroxyl groups excluding tert-OH is 1. The second-order valence-corrected chi connectivity index (χ2v) is 23.6. The molecule has 0 radical (unpaired) electrons. The number of ketones is 2. The SMILES string of the molecule is CC.C[C@H]1c2c(F)c(Br)c(Br)c(OC(=O)OC(C)(C)C)c2C(O)=C2C(=O)[C@]3(O[Si](C)(C)C(C)(C)C)C(=O)c4c(OCc5ccccc5)noc4[C@@H](N(C)C)[C@@H]3C[C@@H]21. The van der Waals surface area contributed by atoms with Gasteiger partial charge in [-0.05, 0) is 114 Å². The number of Topliss-reactive ketones (excluding diaryl/α,β-unsaturated/α-hetero) is 2. The molecule has 1 fully saturated rings. The summed E-state index contributed by atoms with van der Waals surface area (Å²) in [7, 11) is 0.619. The van der Waals surface area contributed by atoms with Gasteiger partial charge in [0, 0.05) is 17.1 Å². The topological polar surface area (TPSA) is 138 Å². The molecule has 11 nitrogen and oxygen atoms in total. The summed E-state index contributed by atoms with van der Waals surface area (Å²) in [5.74, 6) is -5.25. The quantitative estimate of drug-likeness (QED) is 0.0797. The van der Waals surface area contributed by atoms with Gasteiger partial charge in [0.25, 0.3) is 5.88 Å². The van der Waals surface area contributed by atoms with Gasteiger partial charge in [0.1, 0.15) is 29.3 Å². The van der Waals surface area contributed by atoms with Crippen LogP contribution in [0, 0.1) is 17.7 Å². The number of nitrogens with zero attached hydrogens (tertiary/aromatic N) is 2. The van der Waals surface area contributed by atoms with Gasteiger partial charge < -0.3 is 28.3 Å². The van der Waals surface area contributed by atoms with E-state index in [1.807, 2.05) is 97.0 Å². The molecule has 3 aliphatic rings. The summed E-state index contributed by atoms with van der Waals surface area (Å²) >= 11 is 6.63. The van der Waals surface area contributed by atoms with Gasteiger partial charge in [-0.1, -0.05) is 71.9 Å². The second kappa shape index (κ2) is 16.0. The summed E-state index contributed by atoms with van der Waals surface area (Å²) < 4.78 is 46.7. The Bertz CT molecular complexity index is 2110. The first kappa shape index (κ1) is 44.7. The first-order chi connectivity index (χ1) is 26.4. The molecule has 2 aromatic carbocycles. The summed E-state index contributed by atoms with van der Waals surface area (Å²) in [6.07, 6.45) is -0.987. The van der Waals surface area contributed by atoms with Gasteiger partial charge in [0.2, 0.25) is 11.6 Å². The van der Waals surface area contributed by atoms with Gasteiger partial charge in [-0.25, -0.2) is 9.18 Å². The van der Waals surface area contributed by atoms with E-state index in [0.717, 1.165) is 5.56 Å². The minimum atomic E-state index is -3.01. The monoisotopic (exact) mass is 934 g/mol. The van der Waals surface area contributed by atoms with E-state index in [0.29, 0.717) is 0 Å². The molecule has 0 bridgehead atoms. The van der Waals surface area contributed by atoms with E-state index in [1.165, 1.54) is 0 Å². The van der Waals surface area contributed by atoms with Crippen molar-refractivity contribution in [3.63, 3.8) is 0 Å². The third-order valence-electron chi connectivity index (χ3n) is 11.3. The van der Waals surface area contributed by atoms with Gasteiger partial charge in [0.05, 0.1) is 20.6 Å². The minimum absolute atomic E-state index is 0.00703. The zero-order chi connectivity index (χ0) is 42.7. The Hall–Kier alpha value is -3.37. The normalized spacial score (nSPS) is 23.2. The number of aliphatic hydroxyl groups is 1. The minimum Gasteiger partial charge on any atom is -0.507 e. The number of benzene rings is 2. The predicted octanol–water partition coefficient (Wildman–Crippen LogP) is 11.1. The lowest BCUT2D eigenvalue weighted by Gasteiger charge is -2.55. The van der Waals surface area contributed by atoms with Gasteiger partial charge in [-0.2, -0.15) is 0 Å². The standard InChI is InChI=1S/C40H47Br2FN2O9Si.C2H6/c1-19-21-17-22-30(45(8)9)33-26(36(44-53-33)50-18-20-15-13-12-14-16-20)35(48)40(22,54-55(10,11)39(5,6)7)34(47)24(21)31(46)25-23(19)29(43)27(41)28(42)32(25)51-37(49)52-38(2,3)4;1-2/h12-16,19,21-22,30,46H,17-18H2,1-11H3;1-2H3/t19-,21-,22+,30+,40+;/m1./s1. The number of ether oxygens (including phenoxy) is 3. The largest absolute Gasteiger partial charge is 0.514 e. The number of hydrogen-bond acceptors (Lipinski definition) is 11. The smallest absolute Gasteiger partial charge is 0.507 e. The first-order valence-electron chi connectivity index (χ1n) is 19.1. The molecule has 3 aliphatic carbocycles. The average Bonchev–Trinajstić information content (AvgIpc) is 3.54. The van der Waals surface area contributed by atoms with Crippen LogP contribution >= 0.6 is 31.9 Å². The fourth-order valence-corrected chi connectivity index (χ4v) is 10.1. The van der Waals surface area contributed by atoms with Gasteiger partial charge in [-0.3, -0.25) is 14.5 Å². The fourth-order valence-electron chi connectivity index (χ4n) is 7.77. The lowest BCUT2D eigenvalue weighted by molar-refractivity contribution is -0.141. The van der Waals surface area contributed by atoms with Crippen LogP contribution in [0.25, 0.3) is 5.76 Å². The van der Waals surface area contributed by atoms with Crippen molar-refractivity contribution in [1.29, 1.82) is 0 Å². The third-order valence-corrected chi connectivity index (χ3v) is 17.8. The van der Waals surface area contributed by atoms with E-state index in [1.54, 1.807) is 27.7 Å². The lowest BCUT2D eigenvalue weighted by atomic mass is 9.55. The van der Waals surface area contributed by atoms with Crippen LogP contribution in [0.1, 0.15) is 114 Å². The van der Waals surface area contributed by atoms with Crippen molar-refractivity contribution in [1.82, 2.24) is 10.1 Å². The molecule has 3 aromatic rings. The van der Waals surface area contributed by atoms with Crippen LogP contribution in [-0.4, -0.2) is 66.5 Å². The molecule has 5 atom stereocenters. The molecule has 0 saturated heterocycles. The number of aromatic nitrogens is 1. The molecular weight excluding hydrogens is 883 g/mol. The molecule has 57 heavy (non-hydrogen) atoms. The van der Waals surface area contributed by atoms with E-state index >= 15 is 14.0 Å². The predicted molar refractivity (Wildman–Crippen MR) is 224 cm³/mol. The van der Waals surface area contributed by atoms with E-state index < -0.39 is 77.7 Å². The van der Waals surface area contributed by atoms with Crippen molar-refractivity contribution < 1.29 is 47.0 Å². The van der Waals surface area contributed by atoms with E-state index in [2.05, 4.69) is 37.0 Å². The fraction of sp³-hybridized carbons (Fsp3) is 0.524. The highest BCUT2D eigenvalue weighted by molar-refractivity contribution is 9.13. The first-order valence-corrected chi connectivity index (χ1v) is 23.6. The van der Waals surface area contributed by atoms with Crippen LogP contribution in [0.5, 0.6) is 11.6 Å². The Morgan fingerprint density at radius 2 is 1.65 bits per heavy atom. The summed E-state index contributed by atoms with van der Waals surface area (Å²) in [5, 5.41) is 16.1. The van der Waals surface area contributed by atoms with Crippen molar-refractivity contribution in [2.24, 2.45) is 11.8 Å². The number of hydrogen-bond donors (Lipinski definition) is 1. The van der Waals surface area contributed by atoms with E-state index in [-0.39, 0.29) is 61.6 Å². The highest BCUT2D eigenvalue weighted by Gasteiger charge is 2.69. The Labute approximate surface area is 352 Å². The van der Waals surface area contributed by atoms with Crippen LogP contribution in [0.15, 0.2) is 49.4 Å². The van der Waals surface area contributed by atoms with Gasteiger partial charge in [-0.15, -0.1) is 0 Å². The van der Waals surface area contributed by atoms with Crippen LogP contribution in [-0.2, 0) is 20.6 Å². The maximum Gasteiger partial charge on any atom is 0.514 e. The summed E-state index contributed by atoms with van der Waals surface area (Å²) in [6, 6.07) is 8.64. The highest BCUT2D eigenvalue weighted by atomic mass is 79.9. The number of fused-ring (bicyclic) bond motifs is 4. The Morgan fingerprint density at radius 1 is 1.04 bits per heavy atom. The Balaban J connectivity index is 0.00000305. The molecule has 1 heterocycles. The molecule has 1 N–H and O–H groups in total. The van der Waals surface area contributed by atoms with Crippen molar-refractivity contribution in [3.8, 4) is 11.6 Å². The molecule has 1 saturated carbocycles. The number of halogens is 3. The van der Waals surface area contributed by atoms with Gasteiger partial charge >= 0.3 is 6.16 Å². The maximum atomic E-state index is 16.5. The van der Waals surface area contributed by atoms with Crippen molar-refractivity contribution >= 4 is 63.7 Å². The summed E-state index contributed by atoms with van der Waals surface area (Å²) in [5.41, 5.74) is -2.57. The number of carbonyl (C=O) groups is 3. The lowest BCUT2D eigenvalue weighted by Crippen LogP contribution is -2.68. The van der Waals surface area contributed by atoms with Crippen molar-refractivity contribution in [2.75, 3.05) is 14.1 Å². The molecule has 0 unspecified atom stereocenters. The number of carbonyl (C=O) groups excluding carboxylic acids is 3. The third kappa shape index (κ3) is 7.67. The molecule has 1 aromatic heterocycles. The highest BCUT2D eigenvalue weighted by Crippen LogP contribution is 2.62. The maximum absolute atomic E-state index is 16.5. The second-order valence-electron chi connectivity index (χ2n) is 17.3. The molecule has 310 valence electrons. The van der Waals surface area contributed by atoms with Crippen LogP contribution < -0.4 is 9.47 Å². The zero-order valence-electron chi connectivity index (χ0n) is 34.9. The summed E-state index contributed by atoms with van der Waals surface area (Å²) in [6.45, 7) is 20.7. The Morgan fingerprint density at radius 3 is 2.21 bits per heavy atom. The molecule has 0 aliphatic heterocycles. The zero-order valence-corrected chi connectivity index (χ0v) is 39.0. The van der Waals surface area contributed by atoms with E-state index in [4.69, 9.17) is 23.2 Å². The van der Waals surface area contributed by atoms with E-state index in [9.17, 15) is 9.90 Å². The van der Waals surface area contributed by atoms with Crippen molar-refractivity contribution in [2.45, 2.75) is 117 Å². The molecule has 15 heteroatoms.